The minimum atomic E-state index is -0.0123. The Morgan fingerprint density at radius 3 is 2.60 bits per heavy atom. The molecule has 5 nitrogen and oxygen atoms in total. The first kappa shape index (κ1) is 14.7. The van der Waals surface area contributed by atoms with Crippen LogP contribution in [0.2, 0.25) is 0 Å². The van der Waals surface area contributed by atoms with Crippen molar-refractivity contribution in [3.63, 3.8) is 0 Å². The fourth-order valence-electron chi connectivity index (χ4n) is 2.49. The van der Waals surface area contributed by atoms with Gasteiger partial charge in [-0.05, 0) is 39.0 Å². The molecular weight excluding hydrogens is 256 g/mol. The topological polar surface area (TPSA) is 64.8 Å². The highest BCUT2D eigenvalue weighted by Crippen LogP contribution is 2.24. The van der Waals surface area contributed by atoms with Gasteiger partial charge in [0, 0.05) is 18.7 Å². The van der Waals surface area contributed by atoms with E-state index in [0.29, 0.717) is 36.7 Å². The fourth-order valence-corrected chi connectivity index (χ4v) is 2.49. The first-order valence-electron chi connectivity index (χ1n) is 6.98. The Labute approximate surface area is 119 Å². The van der Waals surface area contributed by atoms with Gasteiger partial charge in [0.2, 0.25) is 0 Å². The van der Waals surface area contributed by atoms with Crippen molar-refractivity contribution in [2.24, 2.45) is 0 Å². The van der Waals surface area contributed by atoms with Crippen molar-refractivity contribution in [1.29, 1.82) is 0 Å². The molecule has 0 radical (unpaired) electrons. The molecule has 0 spiro atoms. The van der Waals surface area contributed by atoms with Crippen molar-refractivity contribution in [1.82, 2.24) is 4.90 Å². The molecule has 0 saturated carbocycles. The molecule has 2 N–H and O–H groups in total. The highest BCUT2D eigenvalue weighted by Gasteiger charge is 2.26. The summed E-state index contributed by atoms with van der Waals surface area (Å²) >= 11 is 0. The normalized spacial score (nSPS) is 22.6. The highest BCUT2D eigenvalue weighted by atomic mass is 16.5. The van der Waals surface area contributed by atoms with Gasteiger partial charge in [0.15, 0.2) is 0 Å². The van der Waals surface area contributed by atoms with Crippen LogP contribution in [0.3, 0.4) is 0 Å². The molecule has 0 bridgehead atoms. The number of nitrogen functional groups attached to an aromatic ring is 1. The first-order chi connectivity index (χ1) is 9.51. The zero-order valence-electron chi connectivity index (χ0n) is 12.3. The molecule has 2 atom stereocenters. The lowest BCUT2D eigenvalue weighted by molar-refractivity contribution is -0.0586. The molecule has 5 heteroatoms. The van der Waals surface area contributed by atoms with Gasteiger partial charge in [-0.25, -0.2) is 0 Å². The van der Waals surface area contributed by atoms with Gasteiger partial charge in [0.1, 0.15) is 5.75 Å². The summed E-state index contributed by atoms with van der Waals surface area (Å²) in [5.74, 6) is 0.606. The van der Waals surface area contributed by atoms with E-state index < -0.39 is 0 Å². The summed E-state index contributed by atoms with van der Waals surface area (Å²) < 4.78 is 11.0. The maximum atomic E-state index is 12.5. The number of amides is 1. The standard InChI is InChI=1S/C15H22N2O3/c1-4-19-14-6-5-12(7-13(14)16)15(18)17-8-10(2)20-11(3)9-17/h5-7,10-11H,4,8-9,16H2,1-3H3/t10-,11-/m0/s1. The molecule has 1 saturated heterocycles. The van der Waals surface area contributed by atoms with Crippen LogP contribution in [-0.2, 0) is 4.74 Å². The number of anilines is 1. The smallest absolute Gasteiger partial charge is 0.254 e. The van der Waals surface area contributed by atoms with E-state index >= 15 is 0 Å². The molecule has 1 aromatic rings. The number of morpholine rings is 1. The SMILES string of the molecule is CCOc1ccc(C(=O)N2C[C@H](C)O[C@@H](C)C2)cc1N. The number of hydrogen-bond donors (Lipinski definition) is 1. The Morgan fingerprint density at radius 2 is 2.05 bits per heavy atom. The van der Waals surface area contributed by atoms with Crippen molar-refractivity contribution < 1.29 is 14.3 Å². The van der Waals surface area contributed by atoms with Crippen LogP contribution in [0.15, 0.2) is 18.2 Å². The van der Waals surface area contributed by atoms with E-state index in [-0.39, 0.29) is 18.1 Å². The van der Waals surface area contributed by atoms with Crippen LogP contribution < -0.4 is 10.5 Å². The summed E-state index contributed by atoms with van der Waals surface area (Å²) in [7, 11) is 0. The molecule has 1 heterocycles. The Morgan fingerprint density at radius 1 is 1.40 bits per heavy atom. The maximum Gasteiger partial charge on any atom is 0.254 e. The lowest BCUT2D eigenvalue weighted by Gasteiger charge is -2.35. The van der Waals surface area contributed by atoms with E-state index in [2.05, 4.69) is 0 Å². The lowest BCUT2D eigenvalue weighted by Crippen LogP contribution is -2.48. The van der Waals surface area contributed by atoms with E-state index in [1.165, 1.54) is 0 Å². The van der Waals surface area contributed by atoms with Gasteiger partial charge in [-0.2, -0.15) is 0 Å². The monoisotopic (exact) mass is 278 g/mol. The second-order valence-electron chi connectivity index (χ2n) is 5.15. The molecule has 110 valence electrons. The van der Waals surface area contributed by atoms with Crippen molar-refractivity contribution in [3.8, 4) is 5.75 Å². The minimum absolute atomic E-state index is 0.0123. The zero-order chi connectivity index (χ0) is 14.7. The summed E-state index contributed by atoms with van der Waals surface area (Å²) in [6.07, 6.45) is 0.116. The lowest BCUT2D eigenvalue weighted by atomic mass is 10.1. The van der Waals surface area contributed by atoms with Crippen molar-refractivity contribution in [3.05, 3.63) is 23.8 Å². The minimum Gasteiger partial charge on any atom is -0.492 e. The third-order valence-corrected chi connectivity index (χ3v) is 3.26. The number of nitrogens with two attached hydrogens (primary N) is 1. The third kappa shape index (κ3) is 3.22. The maximum absolute atomic E-state index is 12.5. The number of hydrogen-bond acceptors (Lipinski definition) is 4. The fraction of sp³-hybridized carbons (Fsp3) is 0.533. The first-order valence-corrected chi connectivity index (χ1v) is 6.98. The molecule has 0 aliphatic carbocycles. The number of carbonyl (C=O) groups excluding carboxylic acids is 1. The van der Waals surface area contributed by atoms with Crippen LogP contribution in [0.25, 0.3) is 0 Å². The molecule has 1 aliphatic heterocycles. The molecule has 1 aromatic carbocycles. The summed E-state index contributed by atoms with van der Waals surface area (Å²) in [5, 5.41) is 0. The number of carbonyl (C=O) groups is 1. The predicted molar refractivity (Wildman–Crippen MR) is 77.9 cm³/mol. The Bertz CT molecular complexity index is 480. The molecule has 1 amide bonds. The van der Waals surface area contributed by atoms with Crippen LogP contribution >= 0.6 is 0 Å². The van der Waals surface area contributed by atoms with Crippen molar-refractivity contribution in [2.75, 3.05) is 25.4 Å². The van der Waals surface area contributed by atoms with Gasteiger partial charge >= 0.3 is 0 Å². The molecule has 2 rings (SSSR count). The van der Waals surface area contributed by atoms with E-state index in [4.69, 9.17) is 15.2 Å². The second kappa shape index (κ2) is 6.13. The summed E-state index contributed by atoms with van der Waals surface area (Å²) in [6, 6.07) is 5.19. The van der Waals surface area contributed by atoms with Crippen LogP contribution in [0.1, 0.15) is 31.1 Å². The molecule has 20 heavy (non-hydrogen) atoms. The van der Waals surface area contributed by atoms with Crippen LogP contribution in [-0.4, -0.2) is 42.7 Å². The predicted octanol–water partition coefficient (Wildman–Crippen LogP) is 1.92. The van der Waals surface area contributed by atoms with Gasteiger partial charge < -0.3 is 20.1 Å². The molecule has 1 aliphatic rings. The average molecular weight is 278 g/mol. The summed E-state index contributed by atoms with van der Waals surface area (Å²) in [5.41, 5.74) is 6.99. The van der Waals surface area contributed by atoms with Gasteiger partial charge in [-0.3, -0.25) is 4.79 Å². The van der Waals surface area contributed by atoms with Gasteiger partial charge in [-0.15, -0.1) is 0 Å². The third-order valence-electron chi connectivity index (χ3n) is 3.26. The zero-order valence-corrected chi connectivity index (χ0v) is 12.3. The number of ether oxygens (including phenoxy) is 2. The largest absolute Gasteiger partial charge is 0.492 e. The average Bonchev–Trinajstić information content (AvgIpc) is 2.39. The molecule has 1 fully saturated rings. The van der Waals surface area contributed by atoms with Crippen LogP contribution in [0.5, 0.6) is 5.75 Å². The van der Waals surface area contributed by atoms with E-state index in [1.807, 2.05) is 25.7 Å². The molecule has 0 aromatic heterocycles. The summed E-state index contributed by atoms with van der Waals surface area (Å²) in [4.78, 5) is 14.3. The van der Waals surface area contributed by atoms with Crippen molar-refractivity contribution in [2.45, 2.75) is 33.0 Å². The number of nitrogens with zero attached hydrogens (tertiary/aromatic N) is 1. The molecule has 0 unspecified atom stereocenters. The second-order valence-corrected chi connectivity index (χ2v) is 5.15. The van der Waals surface area contributed by atoms with Crippen LogP contribution in [0.4, 0.5) is 5.69 Å². The van der Waals surface area contributed by atoms with Crippen molar-refractivity contribution >= 4 is 11.6 Å². The molecular formula is C15H22N2O3. The van der Waals surface area contributed by atoms with Crippen LogP contribution in [0, 0.1) is 0 Å². The highest BCUT2D eigenvalue weighted by molar-refractivity contribution is 5.95. The van der Waals surface area contributed by atoms with Gasteiger partial charge in [-0.1, -0.05) is 0 Å². The Kier molecular flexibility index (Phi) is 4.49. The summed E-state index contributed by atoms with van der Waals surface area (Å²) in [6.45, 7) is 7.61. The van der Waals surface area contributed by atoms with Gasteiger partial charge in [0.05, 0.1) is 24.5 Å². The number of rotatable bonds is 3. The van der Waals surface area contributed by atoms with Gasteiger partial charge in [0.25, 0.3) is 5.91 Å². The Hall–Kier alpha value is -1.75. The number of benzene rings is 1. The Balaban J connectivity index is 2.14. The van der Waals surface area contributed by atoms with E-state index in [9.17, 15) is 4.79 Å². The van der Waals surface area contributed by atoms with E-state index in [0.717, 1.165) is 0 Å². The quantitative estimate of drug-likeness (QED) is 0.858. The van der Waals surface area contributed by atoms with E-state index in [1.54, 1.807) is 18.2 Å².